The molecule has 1 rings (SSSR count). The Bertz CT molecular complexity index is 427. The number of nitrogens with one attached hydrogen (secondary N) is 2. The summed E-state index contributed by atoms with van der Waals surface area (Å²) in [6.07, 6.45) is -5.96. The third kappa shape index (κ3) is 7.13. The molecule has 0 atom stereocenters. The Morgan fingerprint density at radius 3 is 2.30 bits per heavy atom. The molecule has 3 nitrogen and oxygen atoms in total. The maximum atomic E-state index is 12.0. The number of carbonyl (C=O) groups excluding carboxylic acids is 1. The fraction of sp³-hybridized carbons (Fsp3) is 0.500. The van der Waals surface area contributed by atoms with Crippen LogP contribution in [0.15, 0.2) is 24.3 Å². The van der Waals surface area contributed by atoms with Crippen molar-refractivity contribution in [3.05, 3.63) is 29.8 Å². The van der Waals surface area contributed by atoms with Crippen molar-refractivity contribution in [2.45, 2.75) is 45.5 Å². The number of halogens is 3. The van der Waals surface area contributed by atoms with E-state index in [0.717, 1.165) is 5.56 Å². The van der Waals surface area contributed by atoms with Crippen LogP contribution in [0.5, 0.6) is 0 Å². The molecule has 0 saturated carbocycles. The van der Waals surface area contributed by atoms with Crippen LogP contribution in [0.2, 0.25) is 0 Å². The Hall–Kier alpha value is -1.56. The van der Waals surface area contributed by atoms with Gasteiger partial charge < -0.3 is 10.6 Å². The summed E-state index contributed by atoms with van der Waals surface area (Å²) < 4.78 is 35.9. The average molecular weight is 288 g/mol. The molecule has 0 heterocycles. The van der Waals surface area contributed by atoms with Crippen LogP contribution < -0.4 is 10.6 Å². The molecule has 0 spiro atoms. The molecule has 6 heteroatoms. The Kier molecular flexibility index (Phi) is 6.01. The van der Waals surface area contributed by atoms with Crippen molar-refractivity contribution in [1.29, 1.82) is 0 Å². The van der Waals surface area contributed by atoms with Gasteiger partial charge in [0.2, 0.25) is 5.91 Å². The number of rotatable bonds is 6. The summed E-state index contributed by atoms with van der Waals surface area (Å²) >= 11 is 0. The van der Waals surface area contributed by atoms with Gasteiger partial charge in [-0.1, -0.05) is 26.0 Å². The van der Waals surface area contributed by atoms with Gasteiger partial charge in [-0.3, -0.25) is 4.79 Å². The summed E-state index contributed by atoms with van der Waals surface area (Å²) in [6.45, 7) is 4.78. The smallest absolute Gasteiger partial charge is 0.326 e. The maximum absolute atomic E-state index is 12.0. The van der Waals surface area contributed by atoms with Crippen LogP contribution in [0.1, 0.15) is 32.3 Å². The zero-order valence-corrected chi connectivity index (χ0v) is 11.6. The van der Waals surface area contributed by atoms with Crippen molar-refractivity contribution >= 4 is 11.6 Å². The van der Waals surface area contributed by atoms with Gasteiger partial charge >= 0.3 is 6.18 Å². The van der Waals surface area contributed by atoms with E-state index >= 15 is 0 Å². The second kappa shape index (κ2) is 7.28. The first kappa shape index (κ1) is 16.5. The molecule has 0 bridgehead atoms. The first-order chi connectivity index (χ1) is 9.26. The molecule has 0 aromatic heterocycles. The molecular formula is C14H19F3N2O. The number of benzene rings is 1. The first-order valence-electron chi connectivity index (χ1n) is 6.45. The Labute approximate surface area is 116 Å². The largest absolute Gasteiger partial charge is 0.389 e. The molecule has 0 aliphatic carbocycles. The molecule has 1 amide bonds. The molecule has 2 N–H and O–H groups in total. The lowest BCUT2D eigenvalue weighted by Gasteiger charge is -2.10. The quantitative estimate of drug-likeness (QED) is 0.841. The van der Waals surface area contributed by atoms with E-state index in [1.165, 1.54) is 0 Å². The number of hydrogen-bond donors (Lipinski definition) is 2. The lowest BCUT2D eigenvalue weighted by atomic mass is 10.2. The molecule has 0 radical (unpaired) electrons. The zero-order chi connectivity index (χ0) is 15.2. The highest BCUT2D eigenvalue weighted by Crippen LogP contribution is 2.21. The van der Waals surface area contributed by atoms with Crippen LogP contribution in [0.25, 0.3) is 0 Å². The van der Waals surface area contributed by atoms with Gasteiger partial charge in [-0.2, -0.15) is 13.2 Å². The molecule has 0 fully saturated rings. The molecule has 0 unspecified atom stereocenters. The number of amides is 1. The van der Waals surface area contributed by atoms with E-state index < -0.39 is 24.9 Å². The second-order valence-electron chi connectivity index (χ2n) is 4.90. The van der Waals surface area contributed by atoms with Crippen molar-refractivity contribution in [2.24, 2.45) is 0 Å². The van der Waals surface area contributed by atoms with Crippen LogP contribution >= 0.6 is 0 Å². The Morgan fingerprint density at radius 1 is 1.20 bits per heavy atom. The number of hydrogen-bond acceptors (Lipinski definition) is 2. The van der Waals surface area contributed by atoms with Crippen LogP contribution in [-0.4, -0.2) is 18.1 Å². The highest BCUT2D eigenvalue weighted by Gasteiger charge is 2.27. The molecule has 0 saturated heterocycles. The summed E-state index contributed by atoms with van der Waals surface area (Å²) in [7, 11) is 0. The van der Waals surface area contributed by atoms with Crippen LogP contribution in [0.4, 0.5) is 18.9 Å². The zero-order valence-electron chi connectivity index (χ0n) is 11.6. The van der Waals surface area contributed by atoms with E-state index in [1.807, 2.05) is 26.0 Å². The Balaban J connectivity index is 2.43. The fourth-order valence-corrected chi connectivity index (χ4v) is 1.51. The van der Waals surface area contributed by atoms with Gasteiger partial charge in [-0.15, -0.1) is 0 Å². The normalized spacial score (nSPS) is 11.7. The van der Waals surface area contributed by atoms with E-state index in [0.29, 0.717) is 18.3 Å². The molecule has 0 aliphatic heterocycles. The van der Waals surface area contributed by atoms with Gasteiger partial charge in [-0.05, 0) is 17.7 Å². The van der Waals surface area contributed by atoms with Crippen LogP contribution in [0.3, 0.4) is 0 Å². The molecule has 0 aliphatic rings. The van der Waals surface area contributed by atoms with E-state index in [-0.39, 0.29) is 0 Å². The van der Waals surface area contributed by atoms with E-state index in [9.17, 15) is 18.0 Å². The average Bonchev–Trinajstić information content (AvgIpc) is 2.35. The van der Waals surface area contributed by atoms with Crippen molar-refractivity contribution in [2.75, 3.05) is 5.32 Å². The second-order valence-corrected chi connectivity index (χ2v) is 4.90. The first-order valence-corrected chi connectivity index (χ1v) is 6.45. The van der Waals surface area contributed by atoms with Gasteiger partial charge in [0, 0.05) is 24.7 Å². The minimum Gasteiger partial charge on any atom is -0.326 e. The Morgan fingerprint density at radius 2 is 1.80 bits per heavy atom. The number of carbonyl (C=O) groups is 1. The van der Waals surface area contributed by atoms with Gasteiger partial charge in [0.15, 0.2) is 0 Å². The summed E-state index contributed by atoms with van der Waals surface area (Å²) in [5.41, 5.74) is 1.55. The van der Waals surface area contributed by atoms with Gasteiger partial charge in [0.25, 0.3) is 0 Å². The van der Waals surface area contributed by atoms with Crippen molar-refractivity contribution < 1.29 is 18.0 Å². The third-order valence-corrected chi connectivity index (χ3v) is 2.59. The van der Waals surface area contributed by atoms with Gasteiger partial charge in [0.1, 0.15) is 0 Å². The van der Waals surface area contributed by atoms with Crippen molar-refractivity contribution in [3.8, 4) is 0 Å². The lowest BCUT2D eigenvalue weighted by Crippen LogP contribution is -2.21. The van der Waals surface area contributed by atoms with Crippen LogP contribution in [-0.2, 0) is 11.3 Å². The summed E-state index contributed by atoms with van der Waals surface area (Å²) in [6, 6.07) is 7.39. The summed E-state index contributed by atoms with van der Waals surface area (Å²) in [5.74, 6) is -0.629. The SMILES string of the molecule is CC(C)NCc1ccc(NC(=O)CCC(F)(F)F)cc1. The van der Waals surface area contributed by atoms with E-state index in [1.54, 1.807) is 12.1 Å². The third-order valence-electron chi connectivity index (χ3n) is 2.59. The fourth-order valence-electron chi connectivity index (χ4n) is 1.51. The lowest BCUT2D eigenvalue weighted by molar-refractivity contribution is -0.142. The minimum absolute atomic E-state index is 0.372. The van der Waals surface area contributed by atoms with E-state index in [4.69, 9.17) is 0 Å². The van der Waals surface area contributed by atoms with Gasteiger partial charge in [-0.25, -0.2) is 0 Å². The minimum atomic E-state index is -4.30. The van der Waals surface area contributed by atoms with Gasteiger partial charge in [0.05, 0.1) is 6.42 Å². The molecule has 1 aromatic carbocycles. The monoisotopic (exact) mass is 288 g/mol. The number of alkyl halides is 3. The maximum Gasteiger partial charge on any atom is 0.389 e. The van der Waals surface area contributed by atoms with E-state index in [2.05, 4.69) is 10.6 Å². The van der Waals surface area contributed by atoms with Crippen LogP contribution in [0, 0.1) is 0 Å². The van der Waals surface area contributed by atoms with Crippen molar-refractivity contribution in [3.63, 3.8) is 0 Å². The topological polar surface area (TPSA) is 41.1 Å². The predicted octanol–water partition coefficient (Wildman–Crippen LogP) is 3.47. The standard InChI is InChI=1S/C14H19F3N2O/c1-10(2)18-9-11-3-5-12(6-4-11)19-13(20)7-8-14(15,16)17/h3-6,10,18H,7-9H2,1-2H3,(H,19,20). The summed E-state index contributed by atoms with van der Waals surface area (Å²) in [5, 5.41) is 5.69. The molecule has 1 aromatic rings. The highest BCUT2D eigenvalue weighted by atomic mass is 19.4. The predicted molar refractivity (Wildman–Crippen MR) is 72.3 cm³/mol. The molecular weight excluding hydrogens is 269 g/mol. The summed E-state index contributed by atoms with van der Waals surface area (Å²) in [4.78, 5) is 11.3. The highest BCUT2D eigenvalue weighted by molar-refractivity contribution is 5.90. The molecule has 20 heavy (non-hydrogen) atoms. The van der Waals surface area contributed by atoms with Crippen molar-refractivity contribution in [1.82, 2.24) is 5.32 Å². The number of anilines is 1. The molecule has 112 valence electrons.